The molecule has 0 aliphatic heterocycles. The Bertz CT molecular complexity index is 1890. The zero-order valence-electron chi connectivity index (χ0n) is 42.5. The maximum atomic E-state index is 13.9. The van der Waals surface area contributed by atoms with E-state index in [1.165, 1.54) is 13.8 Å². The lowest BCUT2D eigenvalue weighted by atomic mass is 9.43. The molecule has 14 N–H and O–H groups in total. The third-order valence-electron chi connectivity index (χ3n) is 16.8. The van der Waals surface area contributed by atoms with Gasteiger partial charge in [-0.15, -0.1) is 0 Å². The second kappa shape index (κ2) is 25.3. The number of esters is 2. The summed E-state index contributed by atoms with van der Waals surface area (Å²) in [6, 6.07) is 0. The number of aliphatic hydroxyl groups excluding tert-OH is 10. The summed E-state index contributed by atoms with van der Waals surface area (Å²) in [5.74, 6) is -2.32. The van der Waals surface area contributed by atoms with Crippen LogP contribution in [0.2, 0.25) is 0 Å². The predicted molar refractivity (Wildman–Crippen MR) is 254 cm³/mol. The quantitative estimate of drug-likeness (QED) is 0.0338. The first-order valence-corrected chi connectivity index (χ1v) is 25.8. The minimum atomic E-state index is -4.76. The average Bonchev–Trinajstić information content (AvgIpc) is 3.92. The van der Waals surface area contributed by atoms with E-state index in [0.29, 0.717) is 18.3 Å². The van der Waals surface area contributed by atoms with Crippen molar-refractivity contribution < 1.29 is 98.6 Å². The topological polar surface area (TPSA) is 380 Å². The Kier molecular flexibility index (Phi) is 22.3. The van der Waals surface area contributed by atoms with Crippen molar-refractivity contribution >= 4 is 31.3 Å². The Labute approximate surface area is 416 Å². The van der Waals surface area contributed by atoms with E-state index in [1.807, 2.05) is 13.0 Å². The molecule has 0 aromatic carbocycles. The number of fused-ring (bicyclic) bond motifs is 2. The summed E-state index contributed by atoms with van der Waals surface area (Å²) in [4.78, 5) is 69.8. The Morgan fingerprint density at radius 2 is 1.32 bits per heavy atom. The molecule has 0 aromatic heterocycles. The van der Waals surface area contributed by atoms with Gasteiger partial charge in [-0.3, -0.25) is 23.7 Å². The monoisotopic (exact) mass is 1040 g/mol. The lowest BCUT2D eigenvalue weighted by Crippen LogP contribution is -2.56. The number of hydrogen-bond acceptors (Lipinski definition) is 20. The van der Waals surface area contributed by atoms with E-state index in [9.17, 15) is 34.0 Å². The summed E-state index contributed by atoms with van der Waals surface area (Å²) in [7, 11) is -1.62. The van der Waals surface area contributed by atoms with E-state index in [4.69, 9.17) is 60.1 Å². The van der Waals surface area contributed by atoms with Gasteiger partial charge in [-0.2, -0.15) is 0 Å². The van der Waals surface area contributed by atoms with E-state index in [1.54, 1.807) is 21.0 Å². The minimum absolute atomic E-state index is 0.0136. The fraction of sp³-hybridized carbons (Fsp3) is 0.833. The highest BCUT2D eigenvalue weighted by Gasteiger charge is 2.82. The highest BCUT2D eigenvalue weighted by atomic mass is 31.2. The Balaban J connectivity index is 0.000000419. The summed E-state index contributed by atoms with van der Waals surface area (Å²) in [6.45, 7) is 15.0. The number of phosphoric ester groups is 1. The number of rotatable bonds is 22. The van der Waals surface area contributed by atoms with Crippen molar-refractivity contribution in [1.82, 2.24) is 10.6 Å². The second-order valence-electron chi connectivity index (χ2n) is 21.0. The van der Waals surface area contributed by atoms with Crippen LogP contribution in [0.5, 0.6) is 0 Å². The van der Waals surface area contributed by atoms with Crippen molar-refractivity contribution in [3.8, 4) is 0 Å². The molecule has 0 saturated heterocycles. The van der Waals surface area contributed by atoms with Crippen molar-refractivity contribution in [2.45, 2.75) is 148 Å². The maximum absolute atomic E-state index is 13.9. The van der Waals surface area contributed by atoms with Gasteiger partial charge in [-0.05, 0) is 97.8 Å². The number of aliphatic hydroxyl groups is 10. The van der Waals surface area contributed by atoms with E-state index >= 15 is 0 Å². The van der Waals surface area contributed by atoms with Gasteiger partial charge < -0.3 is 81.0 Å². The van der Waals surface area contributed by atoms with Crippen LogP contribution in [0.1, 0.15) is 87.0 Å². The van der Waals surface area contributed by atoms with E-state index in [0.717, 1.165) is 32.1 Å². The molecule has 0 amide bonds. The summed E-state index contributed by atoms with van der Waals surface area (Å²) in [5.41, 5.74) is -0.475. The highest BCUT2D eigenvalue weighted by Crippen LogP contribution is 2.87. The SMILES string of the molecule is C=C(C(=O)[C@H](OC(C)=O)C(C)[C@H]1[C@@H](OC(C)=O)C[C@@]2(C)[C@@H]3CC[C@H]4[C@H](C)C(=O)C=CC45CC35CC[C@]12C)[C@@H](C)COP(=O)(O)O.CNCC(O)C(O)C(O)C(O)CO.CNCC(O)C(O)C(O)C(O)CO. The van der Waals surface area contributed by atoms with Crippen LogP contribution in [-0.2, 0) is 37.7 Å². The molecule has 4 fully saturated rings. The van der Waals surface area contributed by atoms with E-state index in [2.05, 4.69) is 48.6 Å². The molecule has 20 atom stereocenters. The number of phosphoric acid groups is 1. The Morgan fingerprint density at radius 3 is 1.77 bits per heavy atom. The highest BCUT2D eigenvalue weighted by molar-refractivity contribution is 7.46. The fourth-order valence-corrected chi connectivity index (χ4v) is 13.4. The van der Waals surface area contributed by atoms with E-state index in [-0.39, 0.29) is 57.9 Å². The number of Topliss-reactive ketones (excluding diaryl/α,β-unsaturated/α-hetero) is 1. The van der Waals surface area contributed by atoms with E-state index < -0.39 is 118 Å². The summed E-state index contributed by atoms with van der Waals surface area (Å²) in [5, 5.41) is 95.0. The second-order valence-corrected chi connectivity index (χ2v) is 22.3. The predicted octanol–water partition coefficient (Wildman–Crippen LogP) is -1.36. The normalized spacial score (nSPS) is 34.1. The van der Waals surface area contributed by atoms with Gasteiger partial charge >= 0.3 is 19.8 Å². The van der Waals surface area contributed by atoms with Gasteiger partial charge in [0.1, 0.15) is 42.7 Å². The van der Waals surface area contributed by atoms with Gasteiger partial charge in [-0.25, -0.2) is 4.57 Å². The van der Waals surface area contributed by atoms with Crippen LogP contribution in [0.3, 0.4) is 0 Å². The fourth-order valence-electron chi connectivity index (χ4n) is 12.9. The first kappa shape index (κ1) is 62.7. The number of ketones is 2. The summed E-state index contributed by atoms with van der Waals surface area (Å²) >= 11 is 0. The summed E-state index contributed by atoms with van der Waals surface area (Å²) < 4.78 is 27.7. The van der Waals surface area contributed by atoms with Gasteiger partial charge in [0.2, 0.25) is 0 Å². The number of hydrogen-bond donors (Lipinski definition) is 14. The third-order valence-corrected chi connectivity index (χ3v) is 17.3. The van der Waals surface area contributed by atoms with Crippen molar-refractivity contribution in [3.05, 3.63) is 24.3 Å². The number of ether oxygens (including phenoxy) is 2. The minimum Gasteiger partial charge on any atom is -0.462 e. The zero-order chi connectivity index (χ0) is 54.4. The number of carbonyl (C=O) groups is 4. The first-order chi connectivity index (χ1) is 32.8. The molecule has 2 spiro atoms. The standard InChI is InChI=1S/C34H49O10P.2C7H17NO5/c1-18(16-42-45(39,40)41)19(2)29(38)30(44-23(6)36)21(4)28-26(43-22(5)35)15-32(8)27-10-9-24-20(3)25(37)11-12-33(24)17-34(27,33)14-13-31(28,32)7;2*1-8-2-4(10)6(12)7(13)5(11)3-9/h11-12,18,20-21,24,26-28,30H,2,9-10,13-17H2,1,3-8H3,(H2,39,40,41);2*4-13H,2-3H2,1H3/t18-,20-,21?,24-,26-,27-,28-,30+,31+,32-,33?,34?;;/m0../s1. The van der Waals surface area contributed by atoms with Gasteiger partial charge in [0.15, 0.2) is 17.7 Å². The zero-order valence-corrected chi connectivity index (χ0v) is 43.4. The van der Waals surface area contributed by atoms with Gasteiger partial charge in [0.05, 0.1) is 32.0 Å². The third kappa shape index (κ3) is 13.4. The van der Waals surface area contributed by atoms with Crippen molar-refractivity contribution in [1.29, 1.82) is 0 Å². The molecular formula is C48H83N2O20P. The molecule has 11 unspecified atom stereocenters. The smallest absolute Gasteiger partial charge is 0.462 e. The molecule has 5 rings (SSSR count). The molecule has 0 radical (unpaired) electrons. The lowest BCUT2D eigenvalue weighted by Gasteiger charge is -2.61. The number of carbonyl (C=O) groups excluding carboxylic acids is 4. The van der Waals surface area contributed by atoms with Crippen molar-refractivity contribution in [2.24, 2.45) is 57.2 Å². The van der Waals surface area contributed by atoms with Crippen LogP contribution in [0.4, 0.5) is 0 Å². The van der Waals surface area contributed by atoms with Crippen LogP contribution in [-0.4, -0.2) is 192 Å². The molecule has 22 nitrogen and oxygen atoms in total. The Morgan fingerprint density at radius 1 is 0.817 bits per heavy atom. The maximum Gasteiger partial charge on any atom is 0.469 e. The molecule has 71 heavy (non-hydrogen) atoms. The molecule has 0 aromatic rings. The van der Waals surface area contributed by atoms with Crippen LogP contribution in [0.15, 0.2) is 24.3 Å². The molecule has 0 bridgehead atoms. The van der Waals surface area contributed by atoms with Crippen LogP contribution in [0.25, 0.3) is 0 Å². The van der Waals surface area contributed by atoms with Gasteiger partial charge in [0, 0.05) is 50.6 Å². The number of likely N-dealkylation sites (N-methyl/N-ethyl adjacent to an activating group) is 2. The largest absolute Gasteiger partial charge is 0.469 e. The van der Waals surface area contributed by atoms with Crippen LogP contribution in [0, 0.1) is 57.2 Å². The molecule has 5 aliphatic carbocycles. The molecular weight excluding hydrogens is 955 g/mol. The molecule has 5 aliphatic rings. The lowest BCUT2D eigenvalue weighted by molar-refractivity contribution is -0.166. The van der Waals surface area contributed by atoms with Crippen LogP contribution < -0.4 is 10.6 Å². The van der Waals surface area contributed by atoms with Gasteiger partial charge in [-0.1, -0.05) is 47.3 Å². The molecule has 410 valence electrons. The van der Waals surface area contributed by atoms with Crippen LogP contribution >= 0.6 is 7.82 Å². The van der Waals surface area contributed by atoms with Gasteiger partial charge in [0.25, 0.3) is 0 Å². The average molecular weight is 1040 g/mol. The number of nitrogens with one attached hydrogen (secondary N) is 2. The first-order valence-electron chi connectivity index (χ1n) is 24.3. The van der Waals surface area contributed by atoms with Crippen molar-refractivity contribution in [2.75, 3.05) is 47.0 Å². The Hall–Kier alpha value is -2.61. The van der Waals surface area contributed by atoms with Crippen molar-refractivity contribution in [3.63, 3.8) is 0 Å². The molecule has 23 heteroatoms. The summed E-state index contributed by atoms with van der Waals surface area (Å²) in [6.07, 6.45) is -3.56. The molecule has 0 heterocycles. The number of allylic oxidation sites excluding steroid dienone is 2. The molecule has 4 saturated carbocycles.